The first-order valence-electron chi connectivity index (χ1n) is 9.38. The fourth-order valence-corrected chi connectivity index (χ4v) is 5.41. The number of amides is 1. The monoisotopic (exact) mass is 501 g/mol. The van der Waals surface area contributed by atoms with Crippen molar-refractivity contribution in [3.05, 3.63) is 93.9 Å². The molecule has 5 nitrogen and oxygen atoms in total. The maximum atomic E-state index is 13.0. The topological polar surface area (TPSA) is 63.7 Å². The third-order valence-electron chi connectivity index (χ3n) is 4.58. The Kier molecular flexibility index (Phi) is 6.39. The Morgan fingerprint density at radius 3 is 2.41 bits per heavy atom. The van der Waals surface area contributed by atoms with Gasteiger partial charge in [0.15, 0.2) is 4.32 Å². The zero-order valence-corrected chi connectivity index (χ0v) is 19.9. The summed E-state index contributed by atoms with van der Waals surface area (Å²) in [6.45, 7) is 1.86. The molecule has 32 heavy (non-hydrogen) atoms. The number of benzene rings is 3. The van der Waals surface area contributed by atoms with Gasteiger partial charge in [0.1, 0.15) is 10.6 Å². The molecule has 0 unspecified atom stereocenters. The van der Waals surface area contributed by atoms with Gasteiger partial charge < -0.3 is 4.18 Å². The predicted octanol–water partition coefficient (Wildman–Crippen LogP) is 5.82. The van der Waals surface area contributed by atoms with Crippen LogP contribution in [0, 0.1) is 6.92 Å². The van der Waals surface area contributed by atoms with Crippen LogP contribution in [0.25, 0.3) is 6.08 Å². The zero-order valence-electron chi connectivity index (χ0n) is 16.7. The summed E-state index contributed by atoms with van der Waals surface area (Å²) in [5, 5.41) is 0.370. The highest BCUT2D eigenvalue weighted by molar-refractivity contribution is 8.27. The highest BCUT2D eigenvalue weighted by Gasteiger charge is 2.33. The van der Waals surface area contributed by atoms with Crippen LogP contribution in [-0.2, 0) is 14.9 Å². The Labute approximate surface area is 200 Å². The Balaban J connectivity index is 1.69. The second-order valence-electron chi connectivity index (χ2n) is 6.89. The number of para-hydroxylation sites is 1. The molecule has 3 aromatic rings. The highest BCUT2D eigenvalue weighted by Crippen LogP contribution is 2.38. The lowest BCUT2D eigenvalue weighted by Gasteiger charge is -2.14. The van der Waals surface area contributed by atoms with E-state index in [4.69, 9.17) is 28.0 Å². The number of thioether (sulfide) groups is 1. The van der Waals surface area contributed by atoms with Crippen LogP contribution in [0.2, 0.25) is 5.02 Å². The van der Waals surface area contributed by atoms with E-state index in [0.29, 0.717) is 25.5 Å². The summed E-state index contributed by atoms with van der Waals surface area (Å²) in [5.74, 6) is -0.251. The molecular weight excluding hydrogens is 486 g/mol. The van der Waals surface area contributed by atoms with Crippen molar-refractivity contribution >= 4 is 67.7 Å². The molecule has 162 valence electrons. The van der Waals surface area contributed by atoms with Gasteiger partial charge in [0.05, 0.1) is 10.6 Å². The summed E-state index contributed by atoms with van der Waals surface area (Å²) in [6, 6.07) is 19.9. The number of carbonyl (C=O) groups is 1. The van der Waals surface area contributed by atoms with Crippen LogP contribution < -0.4 is 9.08 Å². The van der Waals surface area contributed by atoms with E-state index in [1.54, 1.807) is 24.3 Å². The molecule has 9 heteroatoms. The van der Waals surface area contributed by atoms with Gasteiger partial charge in [-0.2, -0.15) is 8.42 Å². The summed E-state index contributed by atoms with van der Waals surface area (Å²) < 4.78 is 31.3. The molecular formula is C23H16ClNO4S3. The second-order valence-corrected chi connectivity index (χ2v) is 10.5. The third-order valence-corrected chi connectivity index (χ3v) is 7.36. The number of thiocarbonyl (C=S) groups is 1. The molecule has 0 atom stereocenters. The molecule has 0 saturated carbocycles. The molecule has 1 saturated heterocycles. The van der Waals surface area contributed by atoms with Gasteiger partial charge in [-0.15, -0.1) is 0 Å². The van der Waals surface area contributed by atoms with Gasteiger partial charge in [0.2, 0.25) is 0 Å². The lowest BCUT2D eigenvalue weighted by Crippen LogP contribution is -2.27. The Morgan fingerprint density at radius 2 is 1.72 bits per heavy atom. The second kappa shape index (κ2) is 9.07. The van der Waals surface area contributed by atoms with E-state index in [0.717, 1.165) is 17.3 Å². The number of aryl methyl sites for hydroxylation is 1. The summed E-state index contributed by atoms with van der Waals surface area (Å²) in [5.41, 5.74) is 1.93. The first kappa shape index (κ1) is 22.5. The van der Waals surface area contributed by atoms with Gasteiger partial charge in [-0.05, 0) is 55.5 Å². The van der Waals surface area contributed by atoms with Gasteiger partial charge in [-0.1, -0.05) is 71.5 Å². The minimum atomic E-state index is -4.08. The van der Waals surface area contributed by atoms with Crippen molar-refractivity contribution in [2.75, 3.05) is 4.90 Å². The standard InChI is InChI=1S/C23H16ClNO4S3/c1-15-7-10-19(11-8-15)32(27,28)29-20-12-9-17(24)13-16(20)14-21-22(26)25(23(30)31-21)18-5-3-2-4-6-18/h2-14H,1H3. The van der Waals surface area contributed by atoms with E-state index in [1.807, 2.05) is 25.1 Å². The minimum absolute atomic E-state index is 0.0272. The molecule has 1 aliphatic rings. The van der Waals surface area contributed by atoms with E-state index in [-0.39, 0.29) is 16.6 Å². The van der Waals surface area contributed by atoms with Crippen molar-refractivity contribution in [3.8, 4) is 5.75 Å². The maximum absolute atomic E-state index is 13.0. The van der Waals surface area contributed by atoms with Gasteiger partial charge >= 0.3 is 10.1 Å². The van der Waals surface area contributed by atoms with Crippen LogP contribution >= 0.6 is 35.6 Å². The summed E-state index contributed by atoms with van der Waals surface area (Å²) in [7, 11) is -4.08. The molecule has 1 fully saturated rings. The van der Waals surface area contributed by atoms with Crippen molar-refractivity contribution in [2.24, 2.45) is 0 Å². The van der Waals surface area contributed by atoms with Crippen LogP contribution in [0.3, 0.4) is 0 Å². The van der Waals surface area contributed by atoms with Crippen molar-refractivity contribution in [3.63, 3.8) is 0 Å². The van der Waals surface area contributed by atoms with Crippen molar-refractivity contribution in [2.45, 2.75) is 11.8 Å². The lowest BCUT2D eigenvalue weighted by atomic mass is 10.2. The number of nitrogens with zero attached hydrogens (tertiary/aromatic N) is 1. The van der Waals surface area contributed by atoms with E-state index in [2.05, 4.69) is 0 Å². The number of halogens is 1. The highest BCUT2D eigenvalue weighted by atomic mass is 35.5. The quantitative estimate of drug-likeness (QED) is 0.249. The normalized spacial score (nSPS) is 15.4. The molecule has 0 aliphatic carbocycles. The fraction of sp³-hybridized carbons (Fsp3) is 0.0435. The zero-order chi connectivity index (χ0) is 22.9. The molecule has 0 bridgehead atoms. The van der Waals surface area contributed by atoms with Crippen molar-refractivity contribution in [1.29, 1.82) is 0 Å². The maximum Gasteiger partial charge on any atom is 0.339 e. The third kappa shape index (κ3) is 4.73. The first-order chi connectivity index (χ1) is 15.2. The molecule has 4 rings (SSSR count). The van der Waals surface area contributed by atoms with Crippen molar-refractivity contribution in [1.82, 2.24) is 0 Å². The SMILES string of the molecule is Cc1ccc(S(=O)(=O)Oc2ccc(Cl)cc2C=C2SC(=S)N(c3ccccc3)C2=O)cc1. The predicted molar refractivity (Wildman–Crippen MR) is 133 cm³/mol. The molecule has 1 amide bonds. The number of hydrogen-bond acceptors (Lipinski definition) is 6. The average molecular weight is 502 g/mol. The molecule has 0 N–H and O–H groups in total. The Morgan fingerprint density at radius 1 is 1.03 bits per heavy atom. The molecule has 3 aromatic carbocycles. The number of rotatable bonds is 5. The van der Waals surface area contributed by atoms with E-state index >= 15 is 0 Å². The van der Waals surface area contributed by atoms with Gasteiger partial charge in [0, 0.05) is 10.6 Å². The van der Waals surface area contributed by atoms with E-state index in [9.17, 15) is 13.2 Å². The summed E-state index contributed by atoms with van der Waals surface area (Å²) in [6.07, 6.45) is 1.54. The van der Waals surface area contributed by atoms with E-state index < -0.39 is 10.1 Å². The fourth-order valence-electron chi connectivity index (χ4n) is 2.99. The first-order valence-corrected chi connectivity index (χ1v) is 12.4. The molecule has 1 aliphatic heterocycles. The van der Waals surface area contributed by atoms with Gasteiger partial charge in [-0.3, -0.25) is 9.69 Å². The number of carbonyl (C=O) groups excluding carboxylic acids is 1. The average Bonchev–Trinajstić information content (AvgIpc) is 3.04. The van der Waals surface area contributed by atoms with Crippen LogP contribution in [0.15, 0.2) is 82.6 Å². The lowest BCUT2D eigenvalue weighted by molar-refractivity contribution is -0.113. The van der Waals surface area contributed by atoms with Gasteiger partial charge in [-0.25, -0.2) is 0 Å². The minimum Gasteiger partial charge on any atom is -0.378 e. The number of anilines is 1. The summed E-state index contributed by atoms with van der Waals surface area (Å²) in [4.78, 5) is 14.8. The largest absolute Gasteiger partial charge is 0.378 e. The molecule has 0 spiro atoms. The molecule has 0 aromatic heterocycles. The van der Waals surface area contributed by atoms with Gasteiger partial charge in [0.25, 0.3) is 5.91 Å². The van der Waals surface area contributed by atoms with Crippen LogP contribution in [0.1, 0.15) is 11.1 Å². The van der Waals surface area contributed by atoms with Crippen LogP contribution in [0.4, 0.5) is 5.69 Å². The molecule has 0 radical (unpaired) electrons. The Bertz CT molecular complexity index is 1340. The Hall–Kier alpha value is -2.65. The van der Waals surface area contributed by atoms with Crippen LogP contribution in [-0.4, -0.2) is 18.6 Å². The molecule has 1 heterocycles. The smallest absolute Gasteiger partial charge is 0.339 e. The number of hydrogen-bond donors (Lipinski definition) is 0. The van der Waals surface area contributed by atoms with Crippen LogP contribution in [0.5, 0.6) is 5.75 Å². The summed E-state index contributed by atoms with van der Waals surface area (Å²) >= 11 is 12.6. The van der Waals surface area contributed by atoms with Crippen molar-refractivity contribution < 1.29 is 17.4 Å². The van der Waals surface area contributed by atoms with E-state index in [1.165, 1.54) is 41.3 Å².